The average molecular weight is 327 g/mol. The van der Waals surface area contributed by atoms with Crippen molar-refractivity contribution in [1.29, 1.82) is 0 Å². The molecule has 0 spiro atoms. The van der Waals surface area contributed by atoms with Crippen LogP contribution >= 0.6 is 23.5 Å². The van der Waals surface area contributed by atoms with Crippen molar-refractivity contribution in [2.75, 3.05) is 13.1 Å². The van der Waals surface area contributed by atoms with E-state index < -0.39 is 0 Å². The van der Waals surface area contributed by atoms with Crippen LogP contribution in [0, 0.1) is 5.92 Å². The van der Waals surface area contributed by atoms with Crippen molar-refractivity contribution in [3.8, 4) is 0 Å². The van der Waals surface area contributed by atoms with Crippen molar-refractivity contribution in [2.45, 2.75) is 24.5 Å². The van der Waals surface area contributed by atoms with Gasteiger partial charge in [0, 0.05) is 11.6 Å². The Bertz CT molecular complexity index is 510. The van der Waals surface area contributed by atoms with Gasteiger partial charge in [0.25, 0.3) is 0 Å². The Balaban J connectivity index is 1.53. The van der Waals surface area contributed by atoms with Crippen molar-refractivity contribution in [3.63, 3.8) is 0 Å². The number of halogens is 1. The first-order chi connectivity index (χ1) is 10.2. The molecule has 2 aliphatic heterocycles. The highest BCUT2D eigenvalue weighted by atomic mass is 35.5. The first-order valence-electron chi connectivity index (χ1n) is 7.16. The van der Waals surface area contributed by atoms with Gasteiger partial charge in [-0.25, -0.2) is 4.72 Å². The predicted molar refractivity (Wildman–Crippen MR) is 85.6 cm³/mol. The zero-order valence-corrected chi connectivity index (χ0v) is 13.1. The second kappa shape index (κ2) is 6.98. The van der Waals surface area contributed by atoms with Crippen molar-refractivity contribution in [3.05, 3.63) is 34.9 Å². The topological polar surface area (TPSA) is 65.2 Å². The van der Waals surface area contributed by atoms with E-state index in [-0.39, 0.29) is 23.5 Å². The second-order valence-corrected chi connectivity index (χ2v) is 6.70. The minimum atomic E-state index is -0.122. The molecule has 0 aliphatic carbocycles. The molecular weight excluding hydrogens is 308 g/mol. The SMILES string of the molecule is O=C(NC1NC(c2cccc(Cl)c2)NS1)C1CCCNC1. The number of carbonyl (C=O) groups excluding carboxylic acids is 1. The number of nitrogens with one attached hydrogen (secondary N) is 4. The minimum absolute atomic E-state index is 0.0107. The molecule has 1 aromatic rings. The van der Waals surface area contributed by atoms with Gasteiger partial charge >= 0.3 is 0 Å². The van der Waals surface area contributed by atoms with Gasteiger partial charge in [0.05, 0.1) is 12.1 Å². The van der Waals surface area contributed by atoms with Crippen LogP contribution in [0.1, 0.15) is 24.6 Å². The van der Waals surface area contributed by atoms with Crippen molar-refractivity contribution >= 4 is 29.5 Å². The summed E-state index contributed by atoms with van der Waals surface area (Å²) in [4.78, 5) is 12.2. The third kappa shape index (κ3) is 3.90. The molecule has 0 bridgehead atoms. The van der Waals surface area contributed by atoms with Crippen LogP contribution < -0.4 is 20.7 Å². The molecule has 3 unspecified atom stereocenters. The Hall–Kier alpha value is -0.790. The number of hydrogen-bond donors (Lipinski definition) is 4. The molecule has 0 aromatic heterocycles. The van der Waals surface area contributed by atoms with E-state index in [2.05, 4.69) is 20.7 Å². The highest BCUT2D eigenvalue weighted by Gasteiger charge is 2.29. The summed E-state index contributed by atoms with van der Waals surface area (Å²) in [6, 6.07) is 7.70. The fourth-order valence-electron chi connectivity index (χ4n) is 2.60. The predicted octanol–water partition coefficient (Wildman–Crippen LogP) is 1.58. The number of carbonyl (C=O) groups is 1. The maximum Gasteiger partial charge on any atom is 0.226 e. The molecule has 4 N–H and O–H groups in total. The molecule has 7 heteroatoms. The van der Waals surface area contributed by atoms with Crippen molar-refractivity contribution in [1.82, 2.24) is 20.7 Å². The lowest BCUT2D eigenvalue weighted by Gasteiger charge is -2.23. The van der Waals surface area contributed by atoms with Gasteiger partial charge in [-0.3, -0.25) is 10.1 Å². The third-order valence-electron chi connectivity index (χ3n) is 3.74. The van der Waals surface area contributed by atoms with Gasteiger partial charge in [-0.15, -0.1) is 0 Å². The molecule has 2 heterocycles. The van der Waals surface area contributed by atoms with Gasteiger partial charge < -0.3 is 10.6 Å². The second-order valence-electron chi connectivity index (χ2n) is 5.32. The largest absolute Gasteiger partial charge is 0.330 e. The molecular formula is C14H19ClN4OS. The molecule has 21 heavy (non-hydrogen) atoms. The summed E-state index contributed by atoms with van der Waals surface area (Å²) >= 11 is 7.49. The van der Waals surface area contributed by atoms with Crippen LogP contribution in [-0.4, -0.2) is 24.5 Å². The number of amides is 1. The smallest absolute Gasteiger partial charge is 0.226 e. The van der Waals surface area contributed by atoms with E-state index in [4.69, 9.17) is 11.6 Å². The molecule has 2 aliphatic rings. The van der Waals surface area contributed by atoms with Crippen LogP contribution in [0.3, 0.4) is 0 Å². The Labute approximate surface area is 133 Å². The molecule has 3 rings (SSSR count). The molecule has 1 amide bonds. The summed E-state index contributed by atoms with van der Waals surface area (Å²) in [5.41, 5.74) is 0.939. The maximum atomic E-state index is 12.2. The summed E-state index contributed by atoms with van der Waals surface area (Å²) in [6.45, 7) is 1.78. The summed E-state index contributed by atoms with van der Waals surface area (Å²) in [7, 11) is 0. The zero-order chi connectivity index (χ0) is 14.7. The maximum absolute atomic E-state index is 12.2. The molecule has 114 valence electrons. The highest BCUT2D eigenvalue weighted by Crippen LogP contribution is 2.24. The Morgan fingerprint density at radius 1 is 1.43 bits per heavy atom. The van der Waals surface area contributed by atoms with Crippen molar-refractivity contribution < 1.29 is 4.79 Å². The fourth-order valence-corrected chi connectivity index (χ4v) is 3.65. The first-order valence-corrected chi connectivity index (χ1v) is 8.42. The average Bonchev–Trinajstić information content (AvgIpc) is 2.97. The molecule has 1 aromatic carbocycles. The van der Waals surface area contributed by atoms with Gasteiger partial charge in [-0.1, -0.05) is 23.7 Å². The number of rotatable bonds is 3. The Kier molecular flexibility index (Phi) is 5.03. The molecule has 3 atom stereocenters. The quantitative estimate of drug-likeness (QED) is 0.635. The molecule has 0 radical (unpaired) electrons. The summed E-state index contributed by atoms with van der Waals surface area (Å²) in [6.07, 6.45) is 2.01. The number of hydrogen-bond acceptors (Lipinski definition) is 5. The van der Waals surface area contributed by atoms with E-state index >= 15 is 0 Å². The summed E-state index contributed by atoms with van der Waals surface area (Å²) in [5.74, 6) is 0.187. The van der Waals surface area contributed by atoms with Crippen LogP contribution in [0.2, 0.25) is 5.02 Å². The van der Waals surface area contributed by atoms with Gasteiger partial charge in [-0.05, 0) is 49.0 Å². The summed E-state index contributed by atoms with van der Waals surface area (Å²) in [5, 5.41) is 10.4. The van der Waals surface area contributed by atoms with Crippen LogP contribution in [0.15, 0.2) is 24.3 Å². The lowest BCUT2D eigenvalue weighted by Crippen LogP contribution is -2.46. The first kappa shape index (κ1) is 15.1. The van der Waals surface area contributed by atoms with E-state index in [9.17, 15) is 4.79 Å². The normalized spacial score (nSPS) is 29.3. The fraction of sp³-hybridized carbons (Fsp3) is 0.500. The van der Waals surface area contributed by atoms with Crippen molar-refractivity contribution in [2.24, 2.45) is 5.92 Å². The summed E-state index contributed by atoms with van der Waals surface area (Å²) < 4.78 is 3.28. The zero-order valence-electron chi connectivity index (χ0n) is 11.6. The Morgan fingerprint density at radius 2 is 2.33 bits per heavy atom. The van der Waals surface area contributed by atoms with Gasteiger partial charge in [0.1, 0.15) is 5.50 Å². The number of benzene rings is 1. The lowest BCUT2D eigenvalue weighted by molar-refractivity contribution is -0.125. The van der Waals surface area contributed by atoms with E-state index in [1.165, 1.54) is 11.9 Å². The third-order valence-corrected chi connectivity index (χ3v) is 4.84. The van der Waals surface area contributed by atoms with E-state index in [0.717, 1.165) is 31.5 Å². The molecule has 2 saturated heterocycles. The molecule has 0 saturated carbocycles. The van der Waals surface area contributed by atoms with E-state index in [1.54, 1.807) is 0 Å². The van der Waals surface area contributed by atoms with E-state index in [0.29, 0.717) is 5.02 Å². The van der Waals surface area contributed by atoms with Gasteiger partial charge in [0.15, 0.2) is 0 Å². The van der Waals surface area contributed by atoms with Crippen LogP contribution in [0.25, 0.3) is 0 Å². The van der Waals surface area contributed by atoms with Gasteiger partial charge in [0.2, 0.25) is 5.91 Å². The minimum Gasteiger partial charge on any atom is -0.330 e. The Morgan fingerprint density at radius 3 is 3.10 bits per heavy atom. The number of piperidine rings is 1. The monoisotopic (exact) mass is 326 g/mol. The standard InChI is InChI=1S/C14H19ClN4OS/c15-11-5-1-3-9(7-11)12-17-14(21-19-12)18-13(20)10-4-2-6-16-8-10/h1,3,5,7,10,12,14,16-17,19H,2,4,6,8H2,(H,18,20). The molecule has 2 fully saturated rings. The van der Waals surface area contributed by atoms with E-state index in [1.807, 2.05) is 24.3 Å². The van der Waals surface area contributed by atoms with Crippen LogP contribution in [0.5, 0.6) is 0 Å². The van der Waals surface area contributed by atoms with Gasteiger partial charge in [-0.2, -0.15) is 0 Å². The molecule has 5 nitrogen and oxygen atoms in total. The van der Waals surface area contributed by atoms with Crippen LogP contribution in [-0.2, 0) is 4.79 Å². The lowest BCUT2D eigenvalue weighted by atomic mass is 9.99. The van der Waals surface area contributed by atoms with Crippen LogP contribution in [0.4, 0.5) is 0 Å². The highest BCUT2D eigenvalue weighted by molar-refractivity contribution is 7.98.